The summed E-state index contributed by atoms with van der Waals surface area (Å²) in [5.74, 6) is -1.25. The first-order chi connectivity index (χ1) is 14.1. The molecule has 0 aromatic rings. The summed E-state index contributed by atoms with van der Waals surface area (Å²) in [5, 5.41) is 0. The molecule has 0 unspecified atom stereocenters. The standard InChI is InChI=1S/C22H30O8/c1-12(2)6-18(24)26-9-15-10-27-21(30-19(25)7-13(3)4)20-16(15)8-17(29-14(5)23)22(20)11-28-22/h8,10,12-13,17,20-21H,6-7,9,11H2,1-5H3/t17-,20+,21-,22+/m0/s1. The first-order valence-electron chi connectivity index (χ1n) is 10.3. The van der Waals surface area contributed by atoms with Crippen LogP contribution in [0.4, 0.5) is 0 Å². The molecule has 166 valence electrons. The fourth-order valence-electron chi connectivity index (χ4n) is 3.84. The highest BCUT2D eigenvalue weighted by atomic mass is 16.7. The largest absolute Gasteiger partial charge is 0.461 e. The number of rotatable bonds is 8. The van der Waals surface area contributed by atoms with E-state index >= 15 is 0 Å². The van der Waals surface area contributed by atoms with Gasteiger partial charge in [0.25, 0.3) is 6.29 Å². The Morgan fingerprint density at radius 2 is 1.73 bits per heavy atom. The van der Waals surface area contributed by atoms with E-state index < -0.39 is 29.9 Å². The van der Waals surface area contributed by atoms with Crippen LogP contribution in [0.15, 0.2) is 23.5 Å². The third-order valence-electron chi connectivity index (χ3n) is 5.22. The van der Waals surface area contributed by atoms with E-state index in [-0.39, 0.29) is 36.8 Å². The predicted octanol–water partition coefficient (Wildman–Crippen LogP) is 2.66. The number of hydrogen-bond acceptors (Lipinski definition) is 8. The lowest BCUT2D eigenvalue weighted by atomic mass is 9.85. The molecule has 3 rings (SSSR count). The maximum Gasteiger partial charge on any atom is 0.309 e. The van der Waals surface area contributed by atoms with E-state index in [2.05, 4.69) is 0 Å². The van der Waals surface area contributed by atoms with E-state index in [1.807, 2.05) is 27.7 Å². The van der Waals surface area contributed by atoms with Crippen molar-refractivity contribution in [3.05, 3.63) is 23.5 Å². The Labute approximate surface area is 176 Å². The Morgan fingerprint density at radius 3 is 2.30 bits per heavy atom. The third-order valence-corrected chi connectivity index (χ3v) is 5.22. The van der Waals surface area contributed by atoms with E-state index in [1.54, 1.807) is 6.08 Å². The van der Waals surface area contributed by atoms with Gasteiger partial charge in [0.15, 0.2) is 6.10 Å². The summed E-state index contributed by atoms with van der Waals surface area (Å²) in [7, 11) is 0. The Balaban J connectivity index is 1.80. The van der Waals surface area contributed by atoms with Crippen LogP contribution in [-0.2, 0) is 38.1 Å². The molecule has 0 aromatic carbocycles. The summed E-state index contributed by atoms with van der Waals surface area (Å²) in [6.45, 7) is 9.42. The van der Waals surface area contributed by atoms with Crippen LogP contribution in [0.5, 0.6) is 0 Å². The second-order valence-corrected chi connectivity index (χ2v) is 8.87. The highest BCUT2D eigenvalue weighted by molar-refractivity contribution is 5.71. The van der Waals surface area contributed by atoms with Gasteiger partial charge in [-0.1, -0.05) is 27.7 Å². The van der Waals surface area contributed by atoms with Crippen LogP contribution in [-0.4, -0.2) is 49.1 Å². The van der Waals surface area contributed by atoms with Crippen LogP contribution in [0.1, 0.15) is 47.5 Å². The summed E-state index contributed by atoms with van der Waals surface area (Å²) < 4.78 is 27.9. The Bertz CT molecular complexity index is 759. The number of carbonyl (C=O) groups excluding carboxylic acids is 3. The molecule has 0 radical (unpaired) electrons. The van der Waals surface area contributed by atoms with Gasteiger partial charge in [-0.3, -0.25) is 14.4 Å². The van der Waals surface area contributed by atoms with Gasteiger partial charge in [-0.25, -0.2) is 0 Å². The van der Waals surface area contributed by atoms with E-state index in [0.29, 0.717) is 18.6 Å². The van der Waals surface area contributed by atoms with Gasteiger partial charge in [0.05, 0.1) is 18.8 Å². The van der Waals surface area contributed by atoms with Gasteiger partial charge < -0.3 is 23.7 Å². The average Bonchev–Trinajstić information content (AvgIpc) is 3.33. The molecule has 0 amide bonds. The van der Waals surface area contributed by atoms with Gasteiger partial charge >= 0.3 is 17.9 Å². The summed E-state index contributed by atoms with van der Waals surface area (Å²) in [4.78, 5) is 35.8. The zero-order chi connectivity index (χ0) is 22.1. The third kappa shape index (κ3) is 4.86. The van der Waals surface area contributed by atoms with E-state index in [0.717, 1.165) is 5.57 Å². The number of hydrogen-bond donors (Lipinski definition) is 0. The van der Waals surface area contributed by atoms with Gasteiger partial charge in [-0.05, 0) is 23.5 Å². The van der Waals surface area contributed by atoms with Crippen LogP contribution in [0.2, 0.25) is 0 Å². The molecule has 1 saturated heterocycles. The van der Waals surface area contributed by atoms with Crippen LogP contribution in [0, 0.1) is 17.8 Å². The minimum atomic E-state index is -0.902. The molecule has 1 spiro atoms. The minimum absolute atomic E-state index is 0.0173. The van der Waals surface area contributed by atoms with Crippen molar-refractivity contribution in [2.45, 2.75) is 65.5 Å². The van der Waals surface area contributed by atoms with Crippen molar-refractivity contribution in [3.8, 4) is 0 Å². The number of carbonyl (C=O) groups is 3. The molecule has 0 bridgehead atoms. The zero-order valence-electron chi connectivity index (χ0n) is 18.1. The molecule has 0 N–H and O–H groups in total. The molecule has 8 heteroatoms. The fourth-order valence-corrected chi connectivity index (χ4v) is 3.84. The van der Waals surface area contributed by atoms with Gasteiger partial charge in [-0.15, -0.1) is 0 Å². The maximum absolute atomic E-state index is 12.3. The fraction of sp³-hybridized carbons (Fsp3) is 0.682. The second kappa shape index (κ2) is 8.79. The number of fused-ring (bicyclic) bond motifs is 2. The average molecular weight is 422 g/mol. The summed E-state index contributed by atoms with van der Waals surface area (Å²) in [5.41, 5.74) is 0.563. The highest BCUT2D eigenvalue weighted by Crippen LogP contribution is 2.54. The van der Waals surface area contributed by atoms with Gasteiger partial charge in [0, 0.05) is 25.3 Å². The lowest BCUT2D eigenvalue weighted by Crippen LogP contribution is -2.44. The SMILES string of the molecule is CC(=O)O[C@H]1C=C2C(COC(=O)CC(C)C)=CO[C@@H](OC(=O)CC(C)C)[C@@H]2[C@@]12CO2. The van der Waals surface area contributed by atoms with Crippen molar-refractivity contribution >= 4 is 17.9 Å². The molecule has 2 heterocycles. The molecular formula is C22H30O8. The molecule has 4 atom stereocenters. The van der Waals surface area contributed by atoms with Crippen molar-refractivity contribution in [2.75, 3.05) is 13.2 Å². The second-order valence-electron chi connectivity index (χ2n) is 8.87. The van der Waals surface area contributed by atoms with Crippen LogP contribution in [0.3, 0.4) is 0 Å². The van der Waals surface area contributed by atoms with Crippen LogP contribution < -0.4 is 0 Å². The lowest BCUT2D eigenvalue weighted by Gasteiger charge is -2.33. The first kappa shape index (κ1) is 22.3. The minimum Gasteiger partial charge on any atom is -0.461 e. The molecule has 30 heavy (non-hydrogen) atoms. The van der Waals surface area contributed by atoms with Crippen molar-refractivity contribution < 1.29 is 38.1 Å². The Kier molecular flexibility index (Phi) is 6.55. The monoisotopic (exact) mass is 422 g/mol. The number of esters is 3. The number of epoxide rings is 1. The van der Waals surface area contributed by atoms with Crippen molar-refractivity contribution in [3.63, 3.8) is 0 Å². The van der Waals surface area contributed by atoms with Crippen LogP contribution in [0.25, 0.3) is 0 Å². The summed E-state index contributed by atoms with van der Waals surface area (Å²) in [6.07, 6.45) is 2.28. The molecule has 1 aliphatic carbocycles. The van der Waals surface area contributed by atoms with Gasteiger partial charge in [0.2, 0.25) is 0 Å². The van der Waals surface area contributed by atoms with Gasteiger partial charge in [0.1, 0.15) is 12.2 Å². The van der Waals surface area contributed by atoms with Crippen molar-refractivity contribution in [1.29, 1.82) is 0 Å². The lowest BCUT2D eigenvalue weighted by molar-refractivity contribution is -0.186. The number of ether oxygens (including phenoxy) is 5. The van der Waals surface area contributed by atoms with E-state index in [4.69, 9.17) is 23.7 Å². The zero-order valence-corrected chi connectivity index (χ0v) is 18.1. The van der Waals surface area contributed by atoms with Crippen molar-refractivity contribution in [2.24, 2.45) is 17.8 Å². The highest BCUT2D eigenvalue weighted by Gasteiger charge is 2.67. The quantitative estimate of drug-likeness (QED) is 0.334. The molecule has 2 aliphatic heterocycles. The van der Waals surface area contributed by atoms with Crippen molar-refractivity contribution in [1.82, 2.24) is 0 Å². The molecule has 1 fully saturated rings. The summed E-state index contributed by atoms with van der Waals surface area (Å²) >= 11 is 0. The normalized spacial score (nSPS) is 29.1. The molecule has 3 aliphatic rings. The van der Waals surface area contributed by atoms with E-state index in [1.165, 1.54) is 13.2 Å². The molecular weight excluding hydrogens is 392 g/mol. The first-order valence-corrected chi connectivity index (χ1v) is 10.3. The topological polar surface area (TPSA) is 101 Å². The Morgan fingerprint density at radius 1 is 1.10 bits per heavy atom. The smallest absolute Gasteiger partial charge is 0.309 e. The molecule has 8 nitrogen and oxygen atoms in total. The predicted molar refractivity (Wildman–Crippen MR) is 105 cm³/mol. The molecule has 0 saturated carbocycles. The Hall–Kier alpha value is -2.35. The summed E-state index contributed by atoms with van der Waals surface area (Å²) in [6, 6.07) is 0. The molecule has 0 aromatic heterocycles. The van der Waals surface area contributed by atoms with Gasteiger partial charge in [-0.2, -0.15) is 0 Å². The maximum atomic E-state index is 12.3. The van der Waals surface area contributed by atoms with E-state index in [9.17, 15) is 14.4 Å². The van der Waals surface area contributed by atoms with Crippen LogP contribution >= 0.6 is 0 Å².